The zero-order chi connectivity index (χ0) is 8.15. The summed E-state index contributed by atoms with van der Waals surface area (Å²) < 4.78 is 0. The first-order valence-corrected chi connectivity index (χ1v) is 3.33. The van der Waals surface area contributed by atoms with E-state index in [9.17, 15) is 4.79 Å². The molecule has 2 heteroatoms. The average Bonchev–Trinajstić information content (AvgIpc) is 1.87. The van der Waals surface area contributed by atoms with Gasteiger partial charge in [0, 0.05) is 11.6 Å². The molecule has 0 aliphatic heterocycles. The molecule has 0 aromatic heterocycles. The van der Waals surface area contributed by atoms with Gasteiger partial charge in [-0.1, -0.05) is 13.5 Å². The quantitative estimate of drug-likeness (QED) is 0.588. The summed E-state index contributed by atoms with van der Waals surface area (Å²) in [6, 6.07) is 0.143. The molecule has 0 saturated heterocycles. The lowest BCUT2D eigenvalue weighted by molar-refractivity contribution is -0.117. The molecule has 0 heterocycles. The molecular weight excluding hydrogens is 126 g/mol. The van der Waals surface area contributed by atoms with Gasteiger partial charge in [-0.2, -0.15) is 0 Å². The Morgan fingerprint density at radius 3 is 2.50 bits per heavy atom. The van der Waals surface area contributed by atoms with Gasteiger partial charge in [0.15, 0.2) is 0 Å². The highest BCUT2D eigenvalue weighted by molar-refractivity contribution is 5.92. The van der Waals surface area contributed by atoms with Crippen molar-refractivity contribution in [1.82, 2.24) is 5.32 Å². The maximum Gasteiger partial charge on any atom is 0.246 e. The molecule has 0 rings (SSSR count). The standard InChI is InChI=1S/C8H14NO/c1-5-7(4)9-8(10)6(2)3/h7H,1-2,5H2,3-4H3,(H,9,10). The average molecular weight is 140 g/mol. The van der Waals surface area contributed by atoms with Gasteiger partial charge in [0.2, 0.25) is 5.91 Å². The molecule has 0 spiro atoms. The van der Waals surface area contributed by atoms with E-state index in [2.05, 4.69) is 18.8 Å². The van der Waals surface area contributed by atoms with Gasteiger partial charge < -0.3 is 5.32 Å². The fraction of sp³-hybridized carbons (Fsp3) is 0.500. The van der Waals surface area contributed by atoms with Crippen LogP contribution in [0.2, 0.25) is 0 Å². The van der Waals surface area contributed by atoms with Crippen molar-refractivity contribution < 1.29 is 4.79 Å². The van der Waals surface area contributed by atoms with Crippen molar-refractivity contribution in [3.63, 3.8) is 0 Å². The number of rotatable bonds is 3. The summed E-state index contributed by atoms with van der Waals surface area (Å²) in [5.74, 6) is -0.0869. The lowest BCUT2D eigenvalue weighted by Crippen LogP contribution is -2.32. The van der Waals surface area contributed by atoms with E-state index in [1.54, 1.807) is 6.92 Å². The van der Waals surface area contributed by atoms with Crippen LogP contribution in [0.3, 0.4) is 0 Å². The lowest BCUT2D eigenvalue weighted by Gasteiger charge is -2.10. The lowest BCUT2D eigenvalue weighted by atomic mass is 10.2. The van der Waals surface area contributed by atoms with E-state index in [0.29, 0.717) is 12.0 Å². The summed E-state index contributed by atoms with van der Waals surface area (Å²) in [5, 5.41) is 2.73. The van der Waals surface area contributed by atoms with E-state index in [1.165, 1.54) is 0 Å². The molecule has 1 radical (unpaired) electrons. The normalized spacial score (nSPS) is 12.3. The molecular formula is C8H14NO. The highest BCUT2D eigenvalue weighted by Crippen LogP contribution is 1.91. The molecule has 1 unspecified atom stereocenters. The van der Waals surface area contributed by atoms with Gasteiger partial charge in [-0.3, -0.25) is 4.79 Å². The fourth-order valence-corrected chi connectivity index (χ4v) is 0.419. The zero-order valence-corrected chi connectivity index (χ0v) is 6.61. The Balaban J connectivity index is 3.68. The second-order valence-corrected chi connectivity index (χ2v) is 2.44. The maximum absolute atomic E-state index is 10.9. The van der Waals surface area contributed by atoms with Gasteiger partial charge in [-0.25, -0.2) is 0 Å². The molecule has 0 aromatic carbocycles. The fourth-order valence-electron chi connectivity index (χ4n) is 0.419. The second-order valence-electron chi connectivity index (χ2n) is 2.44. The largest absolute Gasteiger partial charge is 0.350 e. The van der Waals surface area contributed by atoms with Gasteiger partial charge >= 0.3 is 0 Å². The molecule has 1 amide bonds. The first kappa shape index (κ1) is 9.21. The monoisotopic (exact) mass is 140 g/mol. The van der Waals surface area contributed by atoms with Crippen LogP contribution in [0.25, 0.3) is 0 Å². The minimum atomic E-state index is -0.0869. The van der Waals surface area contributed by atoms with Crippen LogP contribution in [-0.4, -0.2) is 11.9 Å². The third-order valence-corrected chi connectivity index (χ3v) is 1.20. The van der Waals surface area contributed by atoms with Crippen LogP contribution in [0.5, 0.6) is 0 Å². The summed E-state index contributed by atoms with van der Waals surface area (Å²) in [6.07, 6.45) is 0.707. The molecule has 0 aliphatic rings. The van der Waals surface area contributed by atoms with Crippen molar-refractivity contribution in [2.75, 3.05) is 0 Å². The van der Waals surface area contributed by atoms with E-state index in [0.717, 1.165) is 0 Å². The van der Waals surface area contributed by atoms with Crippen molar-refractivity contribution >= 4 is 5.91 Å². The molecule has 0 saturated carbocycles. The summed E-state index contributed by atoms with van der Waals surface area (Å²) in [5.41, 5.74) is 0.542. The Hall–Kier alpha value is -0.790. The predicted octanol–water partition coefficient (Wildman–Crippen LogP) is 1.29. The number of hydrogen-bond acceptors (Lipinski definition) is 1. The van der Waals surface area contributed by atoms with Gasteiger partial charge in [0.05, 0.1) is 0 Å². The molecule has 0 fully saturated rings. The predicted molar refractivity (Wildman–Crippen MR) is 42.4 cm³/mol. The molecule has 10 heavy (non-hydrogen) atoms. The van der Waals surface area contributed by atoms with E-state index in [-0.39, 0.29) is 11.9 Å². The van der Waals surface area contributed by atoms with Crippen LogP contribution in [0.1, 0.15) is 20.3 Å². The molecule has 1 N–H and O–H groups in total. The number of nitrogens with one attached hydrogen (secondary N) is 1. The minimum absolute atomic E-state index is 0.0869. The van der Waals surface area contributed by atoms with Crippen LogP contribution >= 0.6 is 0 Å². The molecule has 0 aliphatic carbocycles. The van der Waals surface area contributed by atoms with Gasteiger partial charge in [0.25, 0.3) is 0 Å². The molecule has 57 valence electrons. The van der Waals surface area contributed by atoms with Crippen molar-refractivity contribution in [3.8, 4) is 0 Å². The zero-order valence-electron chi connectivity index (χ0n) is 6.61. The third kappa shape index (κ3) is 3.28. The van der Waals surface area contributed by atoms with Crippen molar-refractivity contribution in [2.24, 2.45) is 0 Å². The van der Waals surface area contributed by atoms with Gasteiger partial charge in [0.1, 0.15) is 0 Å². The van der Waals surface area contributed by atoms with Crippen molar-refractivity contribution in [3.05, 3.63) is 19.1 Å². The minimum Gasteiger partial charge on any atom is -0.350 e. The second kappa shape index (κ2) is 4.09. The van der Waals surface area contributed by atoms with Crippen LogP contribution in [-0.2, 0) is 4.79 Å². The van der Waals surface area contributed by atoms with Crippen LogP contribution in [0, 0.1) is 6.92 Å². The number of amides is 1. The topological polar surface area (TPSA) is 29.1 Å². The summed E-state index contributed by atoms with van der Waals surface area (Å²) in [4.78, 5) is 10.9. The highest BCUT2D eigenvalue weighted by atomic mass is 16.1. The van der Waals surface area contributed by atoms with Crippen LogP contribution < -0.4 is 5.32 Å². The SMILES string of the molecule is [CH2]CC(C)NC(=O)C(=C)C. The molecule has 2 nitrogen and oxygen atoms in total. The summed E-state index contributed by atoms with van der Waals surface area (Å²) in [6.45, 7) is 10.8. The maximum atomic E-state index is 10.9. The van der Waals surface area contributed by atoms with E-state index >= 15 is 0 Å². The number of hydrogen-bond donors (Lipinski definition) is 1. The van der Waals surface area contributed by atoms with Crippen molar-refractivity contribution in [1.29, 1.82) is 0 Å². The van der Waals surface area contributed by atoms with E-state index < -0.39 is 0 Å². The van der Waals surface area contributed by atoms with Gasteiger partial charge in [-0.15, -0.1) is 0 Å². The first-order chi connectivity index (χ1) is 4.57. The summed E-state index contributed by atoms with van der Waals surface area (Å²) in [7, 11) is 0. The Bertz CT molecular complexity index is 140. The Labute approximate surface area is 62.3 Å². The summed E-state index contributed by atoms with van der Waals surface area (Å²) >= 11 is 0. The molecule has 0 aromatic rings. The van der Waals surface area contributed by atoms with Crippen LogP contribution in [0.15, 0.2) is 12.2 Å². The highest BCUT2D eigenvalue weighted by Gasteiger charge is 2.03. The Kier molecular flexibility index (Phi) is 3.77. The van der Waals surface area contributed by atoms with Crippen molar-refractivity contribution in [2.45, 2.75) is 26.3 Å². The van der Waals surface area contributed by atoms with Gasteiger partial charge in [-0.05, 0) is 20.3 Å². The molecule has 0 bridgehead atoms. The number of carbonyl (C=O) groups excluding carboxylic acids is 1. The number of carbonyl (C=O) groups is 1. The third-order valence-electron chi connectivity index (χ3n) is 1.20. The smallest absolute Gasteiger partial charge is 0.246 e. The Morgan fingerprint density at radius 2 is 2.20 bits per heavy atom. The first-order valence-electron chi connectivity index (χ1n) is 3.33. The Morgan fingerprint density at radius 1 is 1.70 bits per heavy atom. The van der Waals surface area contributed by atoms with E-state index in [1.807, 2.05) is 6.92 Å². The van der Waals surface area contributed by atoms with E-state index in [4.69, 9.17) is 0 Å². The van der Waals surface area contributed by atoms with Crippen LogP contribution in [0.4, 0.5) is 0 Å². The molecule has 1 atom stereocenters.